The summed E-state index contributed by atoms with van der Waals surface area (Å²) < 4.78 is 0. The molecule has 34 valence electrons. The van der Waals surface area contributed by atoms with Crippen molar-refractivity contribution in [2.24, 2.45) is 5.73 Å². The number of nitrogens with two attached hydrogens (primary N) is 1. The number of aliphatic carboxylic acids is 1. The van der Waals surface area contributed by atoms with Crippen molar-refractivity contribution in [3.8, 4) is 0 Å². The van der Waals surface area contributed by atoms with Gasteiger partial charge in [-0.1, -0.05) is 0 Å². The van der Waals surface area contributed by atoms with Crippen LogP contribution in [0.5, 0.6) is 0 Å². The molecule has 6 heavy (non-hydrogen) atoms. The zero-order valence-electron chi connectivity index (χ0n) is 2.80. The predicted molar refractivity (Wildman–Crippen MR) is 14.2 cm³/mol. The van der Waals surface area contributed by atoms with E-state index in [-0.39, 0.29) is 0 Å². The van der Waals surface area contributed by atoms with Crippen molar-refractivity contribution in [1.29, 1.82) is 0 Å². The second kappa shape index (κ2) is 1.40. The van der Waals surface area contributed by atoms with Crippen molar-refractivity contribution in [3.05, 3.63) is 0 Å². The number of carbonyl (C=O) groups is 2. The third-order valence-electron chi connectivity index (χ3n) is 0.201. The first-order valence-corrected chi connectivity index (χ1v) is 1.15. The normalized spacial score (nSPS) is 7.33. The predicted octanol–water partition coefficient (Wildman–Crippen LogP) is -2.78. The molecule has 0 aliphatic rings. The molecular formula is C2H2NO3-. The zero-order chi connectivity index (χ0) is 5.15. The molecule has 0 aliphatic carbocycles. The van der Waals surface area contributed by atoms with E-state index in [1.54, 1.807) is 0 Å². The molecule has 0 saturated carbocycles. The van der Waals surface area contributed by atoms with Crippen molar-refractivity contribution in [2.75, 3.05) is 0 Å². The number of carboxylic acids is 1. The lowest BCUT2D eigenvalue weighted by atomic mass is 10.7. The van der Waals surface area contributed by atoms with Crippen LogP contribution in [-0.4, -0.2) is 11.9 Å². The molecule has 0 saturated heterocycles. The van der Waals surface area contributed by atoms with Gasteiger partial charge in [-0.25, -0.2) is 0 Å². The highest BCUT2D eigenvalue weighted by Crippen LogP contribution is 1.43. The van der Waals surface area contributed by atoms with Crippen LogP contribution in [0.1, 0.15) is 0 Å². The molecule has 4 nitrogen and oxygen atoms in total. The molecule has 0 aliphatic heterocycles. The lowest BCUT2D eigenvalue weighted by Gasteiger charge is -1.87. The van der Waals surface area contributed by atoms with Crippen LogP contribution in [0.2, 0.25) is 0 Å². The quantitative estimate of drug-likeness (QED) is 0.325. The molecule has 0 radical (unpaired) electrons. The van der Waals surface area contributed by atoms with Gasteiger partial charge in [0.15, 0.2) is 0 Å². The van der Waals surface area contributed by atoms with E-state index in [9.17, 15) is 4.79 Å². The van der Waals surface area contributed by atoms with Crippen LogP contribution < -0.4 is 10.8 Å². The number of hydrogen-bond acceptors (Lipinski definition) is 3. The van der Waals surface area contributed by atoms with E-state index < -0.39 is 11.9 Å². The number of primary amides is 1. The smallest absolute Gasteiger partial charge is 0.264 e. The molecule has 0 unspecified atom stereocenters. The average Bonchev–Trinajstić information content (AvgIpc) is 1.36. The molecule has 2 N–H and O–H groups in total. The Balaban J connectivity index is 3.57. The summed E-state index contributed by atoms with van der Waals surface area (Å²) in [5, 5.41) is 9.11. The van der Waals surface area contributed by atoms with Crippen LogP contribution in [0.4, 0.5) is 0 Å². The molecule has 0 bridgehead atoms. The summed E-state index contributed by atoms with van der Waals surface area (Å²) in [7, 11) is 0. The summed E-state index contributed by atoms with van der Waals surface area (Å²) in [6.45, 7) is 0. The largest absolute Gasteiger partial charge is 0.540 e. The van der Waals surface area contributed by atoms with E-state index in [2.05, 4.69) is 5.73 Å². The standard InChI is InChI=1S/C2H3NO3/c3-1(4)2(5)6/h(H2,3,4)(H,5,6)/p-1. The molecule has 0 aromatic rings. The summed E-state index contributed by atoms with van der Waals surface area (Å²) >= 11 is 0. The van der Waals surface area contributed by atoms with Crippen molar-refractivity contribution in [2.45, 2.75) is 0 Å². The highest BCUT2D eigenvalue weighted by molar-refractivity contribution is 6.29. The van der Waals surface area contributed by atoms with Crippen LogP contribution in [-0.2, 0) is 9.59 Å². The van der Waals surface area contributed by atoms with Crippen molar-refractivity contribution >= 4 is 11.9 Å². The lowest BCUT2D eigenvalue weighted by Crippen LogP contribution is -2.36. The Morgan fingerprint density at radius 1 is 1.50 bits per heavy atom. The van der Waals surface area contributed by atoms with Crippen LogP contribution in [0, 0.1) is 0 Å². The second-order valence-corrected chi connectivity index (χ2v) is 0.652. The maximum absolute atomic E-state index is 9.26. The fourth-order valence-electron chi connectivity index (χ4n) is 0. The van der Waals surface area contributed by atoms with Crippen molar-refractivity contribution in [3.63, 3.8) is 0 Å². The van der Waals surface area contributed by atoms with E-state index in [4.69, 9.17) is 9.90 Å². The molecule has 0 heterocycles. The van der Waals surface area contributed by atoms with Gasteiger partial charge in [-0.2, -0.15) is 0 Å². The molecule has 0 aromatic carbocycles. The minimum absolute atomic E-state index is 1.44. The Kier molecular flexibility index (Phi) is 1.15. The number of carboxylic acid groups (broad SMARTS) is 1. The molecule has 0 spiro atoms. The number of rotatable bonds is 0. The zero-order valence-corrected chi connectivity index (χ0v) is 2.80. The fourth-order valence-corrected chi connectivity index (χ4v) is 0. The minimum Gasteiger partial charge on any atom is -0.540 e. The Bertz CT molecular complexity index is 74.8. The van der Waals surface area contributed by atoms with Crippen molar-refractivity contribution < 1.29 is 14.7 Å². The Morgan fingerprint density at radius 2 is 1.67 bits per heavy atom. The summed E-state index contributed by atoms with van der Waals surface area (Å²) in [5.74, 6) is -3.29. The molecule has 4 heteroatoms. The van der Waals surface area contributed by atoms with Gasteiger partial charge in [-0.05, 0) is 0 Å². The SMILES string of the molecule is NC(=O)C(=O)[O-]. The molecule has 0 atom stereocenters. The van der Waals surface area contributed by atoms with Gasteiger partial charge >= 0.3 is 0 Å². The van der Waals surface area contributed by atoms with Gasteiger partial charge in [0, 0.05) is 0 Å². The Hall–Kier alpha value is -1.06. The summed E-state index contributed by atoms with van der Waals surface area (Å²) in [6, 6.07) is 0. The fraction of sp³-hybridized carbons (Fsp3) is 0. The lowest BCUT2D eigenvalue weighted by molar-refractivity contribution is -0.299. The average molecular weight is 88.0 g/mol. The maximum Gasteiger partial charge on any atom is 0.264 e. The molecular weight excluding hydrogens is 86.0 g/mol. The van der Waals surface area contributed by atoms with Gasteiger partial charge in [0.05, 0.1) is 0 Å². The number of hydrogen-bond donors (Lipinski definition) is 1. The van der Waals surface area contributed by atoms with E-state index >= 15 is 0 Å². The third-order valence-corrected chi connectivity index (χ3v) is 0.201. The number of carbonyl (C=O) groups excluding carboxylic acids is 2. The summed E-state index contributed by atoms with van der Waals surface area (Å²) in [5.41, 5.74) is 4.13. The van der Waals surface area contributed by atoms with E-state index in [1.807, 2.05) is 0 Å². The van der Waals surface area contributed by atoms with E-state index in [0.29, 0.717) is 0 Å². The summed E-state index contributed by atoms with van der Waals surface area (Å²) in [6.07, 6.45) is 0. The second-order valence-electron chi connectivity index (χ2n) is 0.652. The number of amides is 1. The monoisotopic (exact) mass is 88.0 g/mol. The van der Waals surface area contributed by atoms with Crippen LogP contribution >= 0.6 is 0 Å². The Morgan fingerprint density at radius 3 is 1.67 bits per heavy atom. The van der Waals surface area contributed by atoms with Crippen LogP contribution in [0.25, 0.3) is 0 Å². The first-order valence-electron chi connectivity index (χ1n) is 1.15. The topological polar surface area (TPSA) is 83.2 Å². The first kappa shape index (κ1) is 4.94. The highest BCUT2D eigenvalue weighted by atomic mass is 16.4. The molecule has 0 aromatic heterocycles. The van der Waals surface area contributed by atoms with E-state index in [1.165, 1.54) is 0 Å². The minimum atomic E-state index is -1.85. The van der Waals surface area contributed by atoms with Gasteiger partial charge in [0.2, 0.25) is 0 Å². The summed E-state index contributed by atoms with van der Waals surface area (Å²) in [4.78, 5) is 18.4. The van der Waals surface area contributed by atoms with Gasteiger partial charge in [-0.3, -0.25) is 4.79 Å². The van der Waals surface area contributed by atoms with E-state index in [0.717, 1.165) is 0 Å². The molecule has 0 fully saturated rings. The molecule has 0 rings (SSSR count). The highest BCUT2D eigenvalue weighted by Gasteiger charge is 1.86. The van der Waals surface area contributed by atoms with Gasteiger partial charge in [0.25, 0.3) is 5.91 Å². The van der Waals surface area contributed by atoms with Gasteiger partial charge in [0.1, 0.15) is 5.97 Å². The maximum atomic E-state index is 9.26. The van der Waals surface area contributed by atoms with Crippen LogP contribution in [0.15, 0.2) is 0 Å². The van der Waals surface area contributed by atoms with Gasteiger partial charge < -0.3 is 15.6 Å². The third kappa shape index (κ3) is 1.28. The van der Waals surface area contributed by atoms with Crippen molar-refractivity contribution in [1.82, 2.24) is 0 Å². The first-order chi connectivity index (χ1) is 2.64. The Labute approximate surface area is 33.6 Å². The molecule has 1 amide bonds. The van der Waals surface area contributed by atoms with Gasteiger partial charge in [-0.15, -0.1) is 0 Å². The van der Waals surface area contributed by atoms with Crippen LogP contribution in [0.3, 0.4) is 0 Å².